The van der Waals surface area contributed by atoms with E-state index >= 15 is 0 Å². The number of rotatable bonds is 5. The smallest absolute Gasteiger partial charge is 0.240 e. The summed E-state index contributed by atoms with van der Waals surface area (Å²) < 4.78 is 10.9. The van der Waals surface area contributed by atoms with Crippen molar-refractivity contribution in [1.29, 1.82) is 0 Å². The third kappa shape index (κ3) is 3.35. The largest absolute Gasteiger partial charge is 0.439 e. The topological polar surface area (TPSA) is 72.5 Å². The van der Waals surface area contributed by atoms with Crippen molar-refractivity contribution in [2.45, 2.75) is 19.4 Å². The zero-order chi connectivity index (χ0) is 14.5. The average Bonchev–Trinajstić information content (AvgIpc) is 2.98. The number of benzene rings is 1. The molecule has 6 nitrogen and oxygen atoms in total. The molecule has 0 bridgehead atoms. The molecule has 1 N–H and O–H groups in total. The Hall–Kier alpha value is -2.47. The molecule has 1 aliphatic heterocycles. The first kappa shape index (κ1) is 13.5. The van der Waals surface area contributed by atoms with E-state index in [1.54, 1.807) is 0 Å². The second-order valence-electron chi connectivity index (χ2n) is 4.60. The molecular formula is C15H16N4O2. The second kappa shape index (κ2) is 6.32. The maximum Gasteiger partial charge on any atom is 0.240 e. The highest BCUT2D eigenvalue weighted by Crippen LogP contribution is 2.23. The molecule has 108 valence electrons. The van der Waals surface area contributed by atoms with Gasteiger partial charge < -0.3 is 14.6 Å². The summed E-state index contributed by atoms with van der Waals surface area (Å²) in [6.45, 7) is 0.546. The minimum Gasteiger partial charge on any atom is -0.439 e. The van der Waals surface area contributed by atoms with Crippen LogP contribution in [0.3, 0.4) is 0 Å². The summed E-state index contributed by atoms with van der Waals surface area (Å²) in [7, 11) is 1.83. The molecule has 1 aliphatic rings. The standard InChI is InChI=1S/C15H16N4O2/c1-16-10-14-18-15(19-21-14)11-5-4-6-12(9-11)20-13-7-2-3-8-17-13/h4-9,16H,2-3,10H2,1H3. The number of hydrogen-bond acceptors (Lipinski definition) is 6. The number of hydrogen-bond donors (Lipinski definition) is 1. The fraction of sp³-hybridized carbons (Fsp3) is 0.267. The lowest BCUT2D eigenvalue weighted by Gasteiger charge is -2.08. The molecule has 0 spiro atoms. The highest BCUT2D eigenvalue weighted by molar-refractivity contribution is 5.60. The van der Waals surface area contributed by atoms with Crippen LogP contribution in [0.2, 0.25) is 0 Å². The number of nitrogens with zero attached hydrogens (tertiary/aromatic N) is 3. The molecule has 0 saturated heterocycles. The minimum absolute atomic E-state index is 0.546. The van der Waals surface area contributed by atoms with Crippen molar-refractivity contribution >= 4 is 6.21 Å². The van der Waals surface area contributed by atoms with Crippen LogP contribution in [-0.4, -0.2) is 23.4 Å². The first-order chi connectivity index (χ1) is 10.3. The third-order valence-electron chi connectivity index (χ3n) is 2.94. The Labute approximate surface area is 122 Å². The molecule has 3 rings (SSSR count). The van der Waals surface area contributed by atoms with Crippen molar-refractivity contribution < 1.29 is 9.26 Å². The SMILES string of the molecule is CNCc1nc(-c2cccc(OC3=CCCC=N3)c2)no1. The van der Waals surface area contributed by atoms with Gasteiger partial charge in [-0.25, -0.2) is 4.99 Å². The van der Waals surface area contributed by atoms with Gasteiger partial charge in [-0.05, 0) is 38.1 Å². The van der Waals surface area contributed by atoms with Crippen molar-refractivity contribution in [2.24, 2.45) is 4.99 Å². The number of allylic oxidation sites excluding steroid dienone is 1. The predicted octanol–water partition coefficient (Wildman–Crippen LogP) is 2.54. The average molecular weight is 284 g/mol. The zero-order valence-corrected chi connectivity index (χ0v) is 11.7. The van der Waals surface area contributed by atoms with Gasteiger partial charge in [0.05, 0.1) is 6.54 Å². The monoisotopic (exact) mass is 284 g/mol. The summed E-state index contributed by atoms with van der Waals surface area (Å²) in [4.78, 5) is 8.53. The van der Waals surface area contributed by atoms with Crippen LogP contribution >= 0.6 is 0 Å². The van der Waals surface area contributed by atoms with Gasteiger partial charge in [0, 0.05) is 11.8 Å². The summed E-state index contributed by atoms with van der Waals surface area (Å²) in [5, 5.41) is 6.94. The molecule has 0 fully saturated rings. The van der Waals surface area contributed by atoms with E-state index in [4.69, 9.17) is 9.26 Å². The van der Waals surface area contributed by atoms with Crippen molar-refractivity contribution in [3.63, 3.8) is 0 Å². The van der Waals surface area contributed by atoms with E-state index in [0.717, 1.165) is 18.4 Å². The molecule has 1 aromatic heterocycles. The summed E-state index contributed by atoms with van der Waals surface area (Å²) in [6.07, 6.45) is 5.76. The quantitative estimate of drug-likeness (QED) is 0.913. The van der Waals surface area contributed by atoms with E-state index in [1.165, 1.54) is 0 Å². The number of aromatic nitrogens is 2. The van der Waals surface area contributed by atoms with Crippen LogP contribution in [0.5, 0.6) is 5.75 Å². The lowest BCUT2D eigenvalue weighted by Crippen LogP contribution is -2.04. The summed E-state index contributed by atoms with van der Waals surface area (Å²) >= 11 is 0. The van der Waals surface area contributed by atoms with Crippen molar-refractivity contribution in [3.05, 3.63) is 42.1 Å². The lowest BCUT2D eigenvalue weighted by molar-refractivity contribution is 0.372. The van der Waals surface area contributed by atoms with E-state index in [-0.39, 0.29) is 0 Å². The Morgan fingerprint density at radius 2 is 2.29 bits per heavy atom. The zero-order valence-electron chi connectivity index (χ0n) is 11.7. The van der Waals surface area contributed by atoms with Gasteiger partial charge in [-0.1, -0.05) is 17.3 Å². The predicted molar refractivity (Wildman–Crippen MR) is 78.9 cm³/mol. The molecular weight excluding hydrogens is 268 g/mol. The molecule has 0 aliphatic carbocycles. The number of nitrogens with one attached hydrogen (secondary N) is 1. The van der Waals surface area contributed by atoms with Gasteiger partial charge >= 0.3 is 0 Å². The molecule has 0 radical (unpaired) electrons. The van der Waals surface area contributed by atoms with Crippen LogP contribution < -0.4 is 10.1 Å². The Morgan fingerprint density at radius 3 is 3.10 bits per heavy atom. The Bertz CT molecular complexity index is 676. The highest BCUT2D eigenvalue weighted by atomic mass is 16.5. The molecule has 0 saturated carbocycles. The number of aliphatic imine (C=N–C) groups is 1. The summed E-state index contributed by atoms with van der Waals surface area (Å²) in [5.74, 6) is 2.44. The van der Waals surface area contributed by atoms with Gasteiger partial charge in [0.15, 0.2) is 0 Å². The van der Waals surface area contributed by atoms with E-state index in [2.05, 4.69) is 20.4 Å². The Balaban J connectivity index is 1.78. The van der Waals surface area contributed by atoms with Crippen LogP contribution in [0.15, 0.2) is 45.7 Å². The van der Waals surface area contributed by atoms with Crippen LogP contribution in [0.1, 0.15) is 18.7 Å². The second-order valence-corrected chi connectivity index (χ2v) is 4.60. The van der Waals surface area contributed by atoms with E-state index < -0.39 is 0 Å². The van der Waals surface area contributed by atoms with E-state index in [0.29, 0.717) is 29.9 Å². The van der Waals surface area contributed by atoms with Gasteiger partial charge in [0.1, 0.15) is 5.75 Å². The maximum absolute atomic E-state index is 5.74. The lowest BCUT2D eigenvalue weighted by atomic mass is 10.2. The molecule has 0 atom stereocenters. The molecule has 6 heteroatoms. The first-order valence-corrected chi connectivity index (χ1v) is 6.83. The number of ether oxygens (including phenoxy) is 1. The van der Waals surface area contributed by atoms with E-state index in [9.17, 15) is 0 Å². The fourth-order valence-corrected chi connectivity index (χ4v) is 1.97. The van der Waals surface area contributed by atoms with Gasteiger partial charge in [-0.2, -0.15) is 4.98 Å². The van der Waals surface area contributed by atoms with Gasteiger partial charge in [0.2, 0.25) is 17.6 Å². The summed E-state index contributed by atoms with van der Waals surface area (Å²) in [5.41, 5.74) is 0.846. The molecule has 1 aromatic carbocycles. The van der Waals surface area contributed by atoms with Crippen LogP contribution in [0.4, 0.5) is 0 Å². The minimum atomic E-state index is 0.546. The summed E-state index contributed by atoms with van der Waals surface area (Å²) in [6, 6.07) is 7.56. The van der Waals surface area contributed by atoms with Crippen molar-refractivity contribution in [1.82, 2.24) is 15.5 Å². The third-order valence-corrected chi connectivity index (χ3v) is 2.94. The van der Waals surface area contributed by atoms with Crippen LogP contribution in [0, 0.1) is 0 Å². The Morgan fingerprint density at radius 1 is 1.33 bits per heavy atom. The van der Waals surface area contributed by atoms with Gasteiger partial charge in [-0.3, -0.25) is 0 Å². The highest BCUT2D eigenvalue weighted by Gasteiger charge is 2.09. The van der Waals surface area contributed by atoms with Crippen molar-refractivity contribution in [2.75, 3.05) is 7.05 Å². The molecule has 2 heterocycles. The van der Waals surface area contributed by atoms with Gasteiger partial charge in [0.25, 0.3) is 0 Å². The maximum atomic E-state index is 5.74. The van der Waals surface area contributed by atoms with Gasteiger partial charge in [-0.15, -0.1) is 0 Å². The van der Waals surface area contributed by atoms with Crippen LogP contribution in [-0.2, 0) is 6.54 Å². The molecule has 0 unspecified atom stereocenters. The van der Waals surface area contributed by atoms with Crippen LogP contribution in [0.25, 0.3) is 11.4 Å². The first-order valence-electron chi connectivity index (χ1n) is 6.83. The molecule has 21 heavy (non-hydrogen) atoms. The van der Waals surface area contributed by atoms with E-state index in [1.807, 2.05) is 43.6 Å². The molecule has 2 aromatic rings. The Kier molecular flexibility index (Phi) is 4.07. The fourth-order valence-electron chi connectivity index (χ4n) is 1.97. The normalized spacial score (nSPS) is 14.0. The van der Waals surface area contributed by atoms with Crippen molar-refractivity contribution in [3.8, 4) is 17.1 Å². The molecule has 0 amide bonds.